The van der Waals surface area contributed by atoms with Gasteiger partial charge in [0.2, 0.25) is 5.91 Å². The maximum Gasteiger partial charge on any atom is 0.252 e. The first-order valence-electron chi connectivity index (χ1n) is 9.27. The predicted octanol–water partition coefficient (Wildman–Crippen LogP) is 0.489. The third-order valence-electron chi connectivity index (χ3n) is 4.47. The lowest BCUT2D eigenvalue weighted by Gasteiger charge is -2.45. The van der Waals surface area contributed by atoms with Crippen LogP contribution in [0, 0.1) is 5.41 Å². The van der Waals surface area contributed by atoms with Crippen LogP contribution in [0.1, 0.15) is 41.0 Å². The third kappa shape index (κ3) is 5.75. The summed E-state index contributed by atoms with van der Waals surface area (Å²) in [6, 6.07) is -0.600. The fourth-order valence-corrected chi connectivity index (χ4v) is 3.16. The Kier molecular flexibility index (Phi) is 6.68. The number of hydrogen-bond donors (Lipinski definition) is 3. The lowest BCUT2D eigenvalue weighted by Crippen LogP contribution is -2.61. The lowest BCUT2D eigenvalue weighted by molar-refractivity contribution is -0.334. The molecule has 0 saturated carbocycles. The van der Waals surface area contributed by atoms with Gasteiger partial charge >= 0.3 is 0 Å². The molecule has 27 heavy (non-hydrogen) atoms. The van der Waals surface area contributed by atoms with E-state index in [9.17, 15) is 14.7 Å². The first kappa shape index (κ1) is 21.8. The number of carbonyl (C=O) groups is 2. The van der Waals surface area contributed by atoms with E-state index in [-0.39, 0.29) is 11.3 Å². The van der Waals surface area contributed by atoms with Gasteiger partial charge in [-0.2, -0.15) is 0 Å². The molecule has 0 radical (unpaired) electrons. The Balaban J connectivity index is 2.17. The van der Waals surface area contributed by atoms with Crippen molar-refractivity contribution in [3.63, 3.8) is 0 Å². The maximum absolute atomic E-state index is 12.7. The van der Waals surface area contributed by atoms with Crippen molar-refractivity contribution < 1.29 is 28.9 Å². The van der Waals surface area contributed by atoms with E-state index in [4.69, 9.17) is 14.2 Å². The van der Waals surface area contributed by atoms with E-state index < -0.39 is 42.2 Å². The van der Waals surface area contributed by atoms with Crippen LogP contribution in [0.15, 0.2) is 12.2 Å². The molecule has 2 fully saturated rings. The van der Waals surface area contributed by atoms with Gasteiger partial charge in [0, 0.05) is 13.7 Å². The summed E-state index contributed by atoms with van der Waals surface area (Å²) in [6.07, 6.45) is 0.463. The highest BCUT2D eigenvalue weighted by Crippen LogP contribution is 2.31. The number of amides is 2. The van der Waals surface area contributed by atoms with E-state index in [1.807, 2.05) is 26.8 Å². The molecule has 2 aliphatic heterocycles. The van der Waals surface area contributed by atoms with Gasteiger partial charge in [0.25, 0.3) is 5.91 Å². The van der Waals surface area contributed by atoms with Gasteiger partial charge < -0.3 is 30.0 Å². The van der Waals surface area contributed by atoms with Crippen molar-refractivity contribution >= 4 is 11.8 Å². The smallest absolute Gasteiger partial charge is 0.252 e. The Bertz CT molecular complexity index is 583. The highest BCUT2D eigenvalue weighted by atomic mass is 16.7. The van der Waals surface area contributed by atoms with Crippen molar-refractivity contribution in [2.75, 3.05) is 13.7 Å². The molecule has 0 aliphatic carbocycles. The second-order valence-corrected chi connectivity index (χ2v) is 8.58. The van der Waals surface area contributed by atoms with E-state index in [1.54, 1.807) is 19.9 Å². The quantitative estimate of drug-likeness (QED) is 0.596. The summed E-state index contributed by atoms with van der Waals surface area (Å²) in [4.78, 5) is 24.4. The minimum atomic E-state index is -1.11. The van der Waals surface area contributed by atoms with E-state index in [2.05, 4.69) is 10.6 Å². The molecule has 2 unspecified atom stereocenters. The highest BCUT2D eigenvalue weighted by Gasteiger charge is 2.48. The van der Waals surface area contributed by atoms with Gasteiger partial charge in [0.1, 0.15) is 24.4 Å². The van der Waals surface area contributed by atoms with Crippen molar-refractivity contribution in [1.29, 1.82) is 0 Å². The SMILES string of the molecule is COC(C(=O)NC1CCNC1=O)[C@@H]1OC(C)(C)O[C@H](/C=C/C(C)(C)C)[C@@H]1O. The largest absolute Gasteiger partial charge is 0.387 e. The fraction of sp³-hybridized carbons (Fsp3) is 0.789. The second kappa shape index (κ2) is 8.26. The second-order valence-electron chi connectivity index (χ2n) is 8.58. The molecule has 154 valence electrons. The van der Waals surface area contributed by atoms with Gasteiger partial charge in [0.15, 0.2) is 11.9 Å². The summed E-state index contributed by atoms with van der Waals surface area (Å²) >= 11 is 0. The lowest BCUT2D eigenvalue weighted by atomic mass is 9.93. The predicted molar refractivity (Wildman–Crippen MR) is 98.8 cm³/mol. The number of methoxy groups -OCH3 is 1. The maximum atomic E-state index is 12.7. The van der Waals surface area contributed by atoms with Crippen molar-refractivity contribution in [3.8, 4) is 0 Å². The first-order chi connectivity index (χ1) is 12.4. The van der Waals surface area contributed by atoms with E-state index >= 15 is 0 Å². The number of rotatable bonds is 5. The number of nitrogens with one attached hydrogen (secondary N) is 2. The van der Waals surface area contributed by atoms with Crippen LogP contribution in [0.4, 0.5) is 0 Å². The Labute approximate surface area is 160 Å². The average molecular weight is 384 g/mol. The highest BCUT2D eigenvalue weighted by molar-refractivity contribution is 5.90. The zero-order chi connectivity index (χ0) is 20.4. The molecule has 0 bridgehead atoms. The molecule has 0 aromatic heterocycles. The average Bonchev–Trinajstić information content (AvgIpc) is 2.93. The molecule has 3 N–H and O–H groups in total. The van der Waals surface area contributed by atoms with Crippen LogP contribution in [0.5, 0.6) is 0 Å². The molecular formula is C19H32N2O6. The molecule has 2 rings (SSSR count). The normalized spacial score (nSPS) is 32.3. The number of aliphatic hydroxyl groups excluding tert-OH is 1. The number of hydrogen-bond acceptors (Lipinski definition) is 6. The molecule has 8 heteroatoms. The number of carbonyl (C=O) groups excluding carboxylic acids is 2. The van der Waals surface area contributed by atoms with Gasteiger partial charge in [-0.05, 0) is 25.7 Å². The Hall–Kier alpha value is -1.48. The van der Waals surface area contributed by atoms with Crippen molar-refractivity contribution in [1.82, 2.24) is 10.6 Å². The Morgan fingerprint density at radius 3 is 2.59 bits per heavy atom. The molecule has 0 aromatic rings. The summed E-state index contributed by atoms with van der Waals surface area (Å²) in [7, 11) is 1.37. The summed E-state index contributed by atoms with van der Waals surface area (Å²) in [6.45, 7) is 10.1. The van der Waals surface area contributed by atoms with Crippen LogP contribution in [-0.4, -0.2) is 66.8 Å². The molecular weight excluding hydrogens is 352 g/mol. The molecule has 0 spiro atoms. The van der Waals surface area contributed by atoms with E-state index in [0.29, 0.717) is 13.0 Å². The minimum absolute atomic E-state index is 0.0884. The Morgan fingerprint density at radius 1 is 1.41 bits per heavy atom. The zero-order valence-corrected chi connectivity index (χ0v) is 16.9. The van der Waals surface area contributed by atoms with E-state index in [0.717, 1.165) is 0 Å². The third-order valence-corrected chi connectivity index (χ3v) is 4.47. The molecule has 2 aliphatic rings. The van der Waals surface area contributed by atoms with Crippen LogP contribution in [0.3, 0.4) is 0 Å². The molecule has 8 nitrogen and oxygen atoms in total. The van der Waals surface area contributed by atoms with Gasteiger partial charge in [-0.15, -0.1) is 0 Å². The molecule has 5 atom stereocenters. The van der Waals surface area contributed by atoms with Crippen LogP contribution < -0.4 is 10.6 Å². The van der Waals surface area contributed by atoms with Crippen molar-refractivity contribution in [2.45, 2.75) is 77.3 Å². The summed E-state index contributed by atoms with van der Waals surface area (Å²) < 4.78 is 17.0. The summed E-state index contributed by atoms with van der Waals surface area (Å²) in [5.74, 6) is -1.74. The number of ether oxygens (including phenoxy) is 3. The van der Waals surface area contributed by atoms with Crippen LogP contribution in [0.2, 0.25) is 0 Å². The fourth-order valence-electron chi connectivity index (χ4n) is 3.16. The molecule has 2 heterocycles. The number of aliphatic hydroxyl groups is 1. The van der Waals surface area contributed by atoms with Gasteiger partial charge in [-0.25, -0.2) is 0 Å². The van der Waals surface area contributed by atoms with Gasteiger partial charge in [-0.3, -0.25) is 9.59 Å². The molecule has 0 aromatic carbocycles. The Morgan fingerprint density at radius 2 is 2.07 bits per heavy atom. The van der Waals surface area contributed by atoms with Crippen LogP contribution >= 0.6 is 0 Å². The summed E-state index contributed by atoms with van der Waals surface area (Å²) in [5.41, 5.74) is -0.0884. The van der Waals surface area contributed by atoms with Gasteiger partial charge in [0.05, 0.1) is 0 Å². The van der Waals surface area contributed by atoms with Crippen LogP contribution in [-0.2, 0) is 23.8 Å². The standard InChI is InChI=1S/C19H32N2O6/c1-18(2,3)9-7-12-13(22)14(27-19(4,5)26-12)15(25-6)17(24)21-11-8-10-20-16(11)23/h7,9,11-15,22H,8,10H2,1-6H3,(H,20,23)(H,21,24)/b9-7+/t11?,12-,13+,14-,15?/m1/s1. The van der Waals surface area contributed by atoms with Gasteiger partial charge in [-0.1, -0.05) is 32.9 Å². The van der Waals surface area contributed by atoms with E-state index in [1.165, 1.54) is 7.11 Å². The number of allylic oxidation sites excluding steroid dienone is 1. The van der Waals surface area contributed by atoms with Crippen molar-refractivity contribution in [3.05, 3.63) is 12.2 Å². The topological polar surface area (TPSA) is 106 Å². The minimum Gasteiger partial charge on any atom is -0.387 e. The first-order valence-corrected chi connectivity index (χ1v) is 9.27. The zero-order valence-electron chi connectivity index (χ0n) is 16.9. The molecule has 2 amide bonds. The molecule has 2 saturated heterocycles. The van der Waals surface area contributed by atoms with Crippen molar-refractivity contribution in [2.24, 2.45) is 5.41 Å². The monoisotopic (exact) mass is 384 g/mol. The summed E-state index contributed by atoms with van der Waals surface area (Å²) in [5, 5.41) is 16.1. The van der Waals surface area contributed by atoms with Crippen LogP contribution in [0.25, 0.3) is 0 Å².